The van der Waals surface area contributed by atoms with Gasteiger partial charge in [-0.2, -0.15) is 0 Å². The van der Waals surface area contributed by atoms with Crippen molar-refractivity contribution in [1.82, 2.24) is 4.90 Å². The number of nitrogens with zero attached hydrogens (tertiary/aromatic N) is 2. The largest absolute Gasteiger partial charge is 0.366 e. The van der Waals surface area contributed by atoms with E-state index < -0.39 is 0 Å². The Morgan fingerprint density at radius 1 is 0.964 bits per heavy atom. The van der Waals surface area contributed by atoms with Gasteiger partial charge in [-0.25, -0.2) is 0 Å². The fraction of sp³-hybridized carbons (Fsp3) is 0.391. The second kappa shape index (κ2) is 8.91. The summed E-state index contributed by atoms with van der Waals surface area (Å²) in [6, 6.07) is 15.6. The van der Waals surface area contributed by atoms with Gasteiger partial charge in [-0.05, 0) is 35.7 Å². The molecular weight excluding hydrogens is 350 g/mol. The van der Waals surface area contributed by atoms with Crippen molar-refractivity contribution < 1.29 is 9.59 Å². The fourth-order valence-electron chi connectivity index (χ4n) is 3.49. The van der Waals surface area contributed by atoms with Gasteiger partial charge in [0.2, 0.25) is 5.91 Å². The average Bonchev–Trinajstić information content (AvgIpc) is 2.73. The van der Waals surface area contributed by atoms with E-state index in [0.717, 1.165) is 24.5 Å². The number of hydrogen-bond acceptors (Lipinski definition) is 3. The van der Waals surface area contributed by atoms with Gasteiger partial charge in [0.1, 0.15) is 0 Å². The molecule has 0 atom stereocenters. The van der Waals surface area contributed by atoms with Crippen molar-refractivity contribution in [3.63, 3.8) is 0 Å². The van der Waals surface area contributed by atoms with Gasteiger partial charge in [-0.15, -0.1) is 0 Å². The van der Waals surface area contributed by atoms with E-state index in [1.165, 1.54) is 5.56 Å². The van der Waals surface area contributed by atoms with Crippen molar-refractivity contribution in [1.29, 1.82) is 0 Å². The van der Waals surface area contributed by atoms with Crippen LogP contribution in [0.1, 0.15) is 49.0 Å². The van der Waals surface area contributed by atoms with E-state index in [4.69, 9.17) is 0 Å². The molecule has 0 saturated carbocycles. The van der Waals surface area contributed by atoms with Crippen molar-refractivity contribution in [3.8, 4) is 0 Å². The van der Waals surface area contributed by atoms with Gasteiger partial charge >= 0.3 is 0 Å². The summed E-state index contributed by atoms with van der Waals surface area (Å²) in [5.74, 6) is 0.532. The monoisotopic (exact) mass is 379 g/mol. The van der Waals surface area contributed by atoms with Gasteiger partial charge in [0.25, 0.3) is 5.91 Å². The standard InChI is InChI=1S/C23H29N3O2/c1-4-22(27)26-15-13-25(14-16-26)21-8-6-5-7-20(21)24-23(28)19-11-9-18(10-12-19)17(2)3/h5-12,17H,4,13-16H2,1-3H3,(H,24,28). The molecular formula is C23H29N3O2. The second-order valence-electron chi connectivity index (χ2n) is 7.47. The van der Waals surface area contributed by atoms with Crippen LogP contribution >= 0.6 is 0 Å². The Kier molecular flexibility index (Phi) is 6.34. The Bertz CT molecular complexity index is 822. The Morgan fingerprint density at radius 3 is 2.21 bits per heavy atom. The summed E-state index contributed by atoms with van der Waals surface area (Å²) in [5.41, 5.74) is 3.67. The first kappa shape index (κ1) is 19.9. The zero-order valence-corrected chi connectivity index (χ0v) is 16.9. The van der Waals surface area contributed by atoms with Crippen LogP contribution in [0, 0.1) is 0 Å². The Hall–Kier alpha value is -2.82. The first-order valence-corrected chi connectivity index (χ1v) is 10.0. The molecule has 1 fully saturated rings. The highest BCUT2D eigenvalue weighted by atomic mass is 16.2. The van der Waals surface area contributed by atoms with Crippen LogP contribution in [-0.2, 0) is 4.79 Å². The number of carbonyl (C=O) groups is 2. The third kappa shape index (κ3) is 4.53. The van der Waals surface area contributed by atoms with Crippen LogP contribution in [0.15, 0.2) is 48.5 Å². The molecule has 1 aliphatic rings. The first-order chi connectivity index (χ1) is 13.5. The minimum Gasteiger partial charge on any atom is -0.366 e. The number of nitrogens with one attached hydrogen (secondary N) is 1. The average molecular weight is 380 g/mol. The predicted molar refractivity (Wildman–Crippen MR) is 114 cm³/mol. The van der Waals surface area contributed by atoms with E-state index in [0.29, 0.717) is 31.0 Å². The first-order valence-electron chi connectivity index (χ1n) is 10.0. The molecule has 148 valence electrons. The van der Waals surface area contributed by atoms with E-state index in [9.17, 15) is 9.59 Å². The predicted octanol–water partition coefficient (Wildman–Crippen LogP) is 4.12. The molecule has 5 heteroatoms. The third-order valence-corrected chi connectivity index (χ3v) is 5.27. The van der Waals surface area contributed by atoms with Crippen molar-refractivity contribution >= 4 is 23.2 Å². The molecule has 0 unspecified atom stereocenters. The molecule has 1 saturated heterocycles. The molecule has 5 nitrogen and oxygen atoms in total. The van der Waals surface area contributed by atoms with Crippen LogP contribution < -0.4 is 10.2 Å². The smallest absolute Gasteiger partial charge is 0.255 e. The summed E-state index contributed by atoms with van der Waals surface area (Å²) in [6.07, 6.45) is 0.544. The number of anilines is 2. The second-order valence-corrected chi connectivity index (χ2v) is 7.47. The molecule has 1 heterocycles. The number of carbonyl (C=O) groups excluding carboxylic acids is 2. The number of amides is 2. The number of para-hydroxylation sites is 2. The van der Waals surface area contributed by atoms with Gasteiger partial charge in [0.05, 0.1) is 11.4 Å². The molecule has 1 aliphatic heterocycles. The van der Waals surface area contributed by atoms with Crippen LogP contribution in [0.4, 0.5) is 11.4 Å². The molecule has 0 bridgehead atoms. The molecule has 0 aromatic heterocycles. The highest BCUT2D eigenvalue weighted by Gasteiger charge is 2.22. The molecule has 1 N–H and O–H groups in total. The summed E-state index contributed by atoms with van der Waals surface area (Å²) in [5, 5.41) is 3.06. The summed E-state index contributed by atoms with van der Waals surface area (Å²) in [4.78, 5) is 28.8. The summed E-state index contributed by atoms with van der Waals surface area (Å²) in [6.45, 7) is 9.13. The van der Waals surface area contributed by atoms with Crippen LogP contribution in [0.5, 0.6) is 0 Å². The summed E-state index contributed by atoms with van der Waals surface area (Å²) in [7, 11) is 0. The van der Waals surface area contributed by atoms with Gasteiger partial charge in [0.15, 0.2) is 0 Å². The van der Waals surface area contributed by atoms with E-state index in [1.807, 2.05) is 60.4 Å². The zero-order valence-electron chi connectivity index (χ0n) is 16.9. The molecule has 2 aromatic carbocycles. The molecule has 3 rings (SSSR count). The van der Waals surface area contributed by atoms with E-state index in [2.05, 4.69) is 24.1 Å². The minimum atomic E-state index is -0.109. The molecule has 2 amide bonds. The van der Waals surface area contributed by atoms with Crippen LogP contribution in [0.25, 0.3) is 0 Å². The lowest BCUT2D eigenvalue weighted by molar-refractivity contribution is -0.131. The maximum absolute atomic E-state index is 12.7. The molecule has 0 radical (unpaired) electrons. The van der Waals surface area contributed by atoms with Gasteiger partial charge in [0, 0.05) is 38.2 Å². The zero-order chi connectivity index (χ0) is 20.1. The van der Waals surface area contributed by atoms with Gasteiger partial charge in [-0.1, -0.05) is 45.0 Å². The van der Waals surface area contributed by atoms with Crippen molar-refractivity contribution in [2.24, 2.45) is 0 Å². The Labute approximate surface area is 167 Å². The third-order valence-electron chi connectivity index (χ3n) is 5.27. The molecule has 0 aliphatic carbocycles. The number of benzene rings is 2. The minimum absolute atomic E-state index is 0.109. The summed E-state index contributed by atoms with van der Waals surface area (Å²) < 4.78 is 0. The lowest BCUT2D eigenvalue weighted by Gasteiger charge is -2.36. The van der Waals surface area contributed by atoms with Crippen molar-refractivity contribution in [2.45, 2.75) is 33.1 Å². The lowest BCUT2D eigenvalue weighted by atomic mass is 10.0. The van der Waals surface area contributed by atoms with Crippen molar-refractivity contribution in [2.75, 3.05) is 36.4 Å². The van der Waals surface area contributed by atoms with Gasteiger partial charge in [-0.3, -0.25) is 9.59 Å². The van der Waals surface area contributed by atoms with Crippen molar-refractivity contribution in [3.05, 3.63) is 59.7 Å². The molecule has 28 heavy (non-hydrogen) atoms. The number of piperazine rings is 1. The normalized spacial score (nSPS) is 14.3. The Balaban J connectivity index is 1.70. The van der Waals surface area contributed by atoms with Gasteiger partial charge < -0.3 is 15.1 Å². The summed E-state index contributed by atoms with van der Waals surface area (Å²) >= 11 is 0. The molecule has 0 spiro atoms. The van der Waals surface area contributed by atoms with E-state index in [1.54, 1.807) is 0 Å². The van der Waals surface area contributed by atoms with E-state index >= 15 is 0 Å². The van der Waals surface area contributed by atoms with E-state index in [-0.39, 0.29) is 11.8 Å². The lowest BCUT2D eigenvalue weighted by Crippen LogP contribution is -2.48. The van der Waals surface area contributed by atoms with Crippen LogP contribution in [-0.4, -0.2) is 42.9 Å². The topological polar surface area (TPSA) is 52.7 Å². The van der Waals surface area contributed by atoms with Crippen LogP contribution in [0.3, 0.4) is 0 Å². The fourth-order valence-corrected chi connectivity index (χ4v) is 3.49. The Morgan fingerprint density at radius 2 is 1.61 bits per heavy atom. The maximum Gasteiger partial charge on any atom is 0.255 e. The highest BCUT2D eigenvalue weighted by Crippen LogP contribution is 2.27. The quantitative estimate of drug-likeness (QED) is 0.850. The SMILES string of the molecule is CCC(=O)N1CCN(c2ccccc2NC(=O)c2ccc(C(C)C)cc2)CC1. The van der Waals surface area contributed by atoms with Crippen LogP contribution in [0.2, 0.25) is 0 Å². The highest BCUT2D eigenvalue weighted by molar-refractivity contribution is 6.06. The number of hydrogen-bond donors (Lipinski definition) is 1. The maximum atomic E-state index is 12.7. The number of rotatable bonds is 5. The molecule has 2 aromatic rings.